The van der Waals surface area contributed by atoms with Crippen LogP contribution in [0.3, 0.4) is 0 Å². The lowest BCUT2D eigenvalue weighted by Gasteiger charge is -2.32. The fourth-order valence-electron chi connectivity index (χ4n) is 3.98. The minimum atomic E-state index is -4.09. The van der Waals surface area contributed by atoms with Crippen molar-refractivity contribution in [2.45, 2.75) is 51.6 Å². The maximum Gasteiger partial charge on any atom is 0.264 e. The Morgan fingerprint density at radius 3 is 2.00 bits per heavy atom. The van der Waals surface area contributed by atoms with Crippen LogP contribution in [0.5, 0.6) is 5.75 Å². The molecule has 0 aliphatic heterocycles. The lowest BCUT2D eigenvalue weighted by atomic mass is 10.1. The molecule has 0 radical (unpaired) electrons. The van der Waals surface area contributed by atoms with Crippen molar-refractivity contribution in [3.63, 3.8) is 0 Å². The van der Waals surface area contributed by atoms with Crippen molar-refractivity contribution in [1.29, 1.82) is 0 Å². The lowest BCUT2D eigenvalue weighted by Crippen LogP contribution is -2.51. The number of rotatable bonds is 12. The van der Waals surface area contributed by atoms with Crippen LogP contribution in [0.1, 0.15) is 37.0 Å². The fraction of sp³-hybridized carbons (Fsp3) is 0.333. The van der Waals surface area contributed by atoms with E-state index in [0.717, 1.165) is 27.4 Å². The summed E-state index contributed by atoms with van der Waals surface area (Å²) in [6, 6.07) is 19.8. The molecule has 0 fully saturated rings. The topological polar surface area (TPSA) is 96.0 Å². The highest BCUT2D eigenvalue weighted by Gasteiger charge is 2.32. The van der Waals surface area contributed by atoms with E-state index < -0.39 is 28.5 Å². The first-order valence-electron chi connectivity index (χ1n) is 12.9. The molecule has 0 heterocycles. The quantitative estimate of drug-likeness (QED) is 0.359. The van der Waals surface area contributed by atoms with E-state index in [1.165, 1.54) is 17.0 Å². The molecule has 3 aromatic rings. The van der Waals surface area contributed by atoms with Crippen molar-refractivity contribution in [1.82, 2.24) is 10.2 Å². The smallest absolute Gasteiger partial charge is 0.264 e. The summed E-state index contributed by atoms with van der Waals surface area (Å²) in [6.45, 7) is 7.50. The molecule has 2 amide bonds. The molecule has 3 aromatic carbocycles. The molecule has 1 N–H and O–H groups in total. The van der Waals surface area contributed by atoms with Gasteiger partial charge >= 0.3 is 0 Å². The Hall–Kier alpha value is -3.85. The van der Waals surface area contributed by atoms with Crippen molar-refractivity contribution in [3.05, 3.63) is 89.5 Å². The zero-order chi connectivity index (χ0) is 28.6. The number of nitrogens with zero attached hydrogens (tertiary/aromatic N) is 2. The van der Waals surface area contributed by atoms with Gasteiger partial charge in [-0.1, -0.05) is 54.4 Å². The van der Waals surface area contributed by atoms with Gasteiger partial charge in [-0.05, 0) is 69.2 Å². The van der Waals surface area contributed by atoms with Gasteiger partial charge in [-0.2, -0.15) is 0 Å². The summed E-state index contributed by atoms with van der Waals surface area (Å²) < 4.78 is 34.0. The maximum absolute atomic E-state index is 13.9. The number of amides is 2. The zero-order valence-electron chi connectivity index (χ0n) is 23.2. The third-order valence-corrected chi connectivity index (χ3v) is 8.23. The number of hydrogen-bond donors (Lipinski definition) is 1. The molecular weight excluding hydrogens is 514 g/mol. The Labute approximate surface area is 231 Å². The molecule has 3 rings (SSSR count). The second kappa shape index (κ2) is 13.3. The summed E-state index contributed by atoms with van der Waals surface area (Å²) in [5.41, 5.74) is 3.02. The molecule has 9 heteroatoms. The number of ether oxygens (including phenoxy) is 1. The molecule has 39 heavy (non-hydrogen) atoms. The number of carbonyl (C=O) groups is 2. The molecule has 0 spiro atoms. The molecular formula is C30H37N3O5S. The number of nitrogens with one attached hydrogen (secondary N) is 1. The molecule has 0 bridgehead atoms. The Morgan fingerprint density at radius 2 is 1.46 bits per heavy atom. The molecule has 1 unspecified atom stereocenters. The van der Waals surface area contributed by atoms with Crippen molar-refractivity contribution in [3.8, 4) is 5.75 Å². The Kier molecular flexibility index (Phi) is 10.1. The Bertz CT molecular complexity index is 1360. The van der Waals surface area contributed by atoms with Gasteiger partial charge in [0.2, 0.25) is 11.8 Å². The minimum Gasteiger partial charge on any atom is -0.497 e. The molecule has 8 nitrogen and oxygen atoms in total. The van der Waals surface area contributed by atoms with E-state index in [4.69, 9.17) is 4.74 Å². The van der Waals surface area contributed by atoms with Gasteiger partial charge in [-0.3, -0.25) is 13.9 Å². The van der Waals surface area contributed by atoms with E-state index in [0.29, 0.717) is 18.0 Å². The first-order chi connectivity index (χ1) is 18.6. The van der Waals surface area contributed by atoms with E-state index in [1.807, 2.05) is 32.9 Å². The van der Waals surface area contributed by atoms with Crippen molar-refractivity contribution < 1.29 is 22.7 Å². The van der Waals surface area contributed by atoms with Crippen LogP contribution >= 0.6 is 0 Å². The second-order valence-corrected chi connectivity index (χ2v) is 11.4. The SMILES string of the molecule is CCCNC(=O)C(C)N(Cc1ccc(OC)cc1)C(=O)CN(c1ccc(C)cc1)S(=O)(=O)c1ccc(C)cc1. The van der Waals surface area contributed by atoms with Crippen LogP contribution in [0.2, 0.25) is 0 Å². The molecule has 0 aliphatic rings. The average molecular weight is 552 g/mol. The number of aryl methyl sites for hydroxylation is 2. The molecule has 0 saturated heterocycles. The summed E-state index contributed by atoms with van der Waals surface area (Å²) in [5.74, 6) is -0.136. The lowest BCUT2D eigenvalue weighted by molar-refractivity contribution is -0.139. The van der Waals surface area contributed by atoms with E-state index in [-0.39, 0.29) is 17.3 Å². The second-order valence-electron chi connectivity index (χ2n) is 9.50. The van der Waals surface area contributed by atoms with E-state index in [2.05, 4.69) is 5.32 Å². The van der Waals surface area contributed by atoms with Gasteiger partial charge in [-0.15, -0.1) is 0 Å². The summed E-state index contributed by atoms with van der Waals surface area (Å²) in [4.78, 5) is 28.3. The number of methoxy groups -OCH3 is 1. The predicted molar refractivity (Wildman–Crippen MR) is 153 cm³/mol. The van der Waals surface area contributed by atoms with Crippen LogP contribution in [0.15, 0.2) is 77.7 Å². The summed E-state index contributed by atoms with van der Waals surface area (Å²) in [6.07, 6.45) is 0.751. The zero-order valence-corrected chi connectivity index (χ0v) is 24.0. The number of anilines is 1. The van der Waals surface area contributed by atoms with Crippen molar-refractivity contribution in [2.75, 3.05) is 24.5 Å². The highest BCUT2D eigenvalue weighted by atomic mass is 32.2. The standard InChI is InChI=1S/C30H37N3O5S/c1-6-19-31-30(35)24(4)32(20-25-11-15-27(38-5)16-12-25)29(34)21-33(26-13-7-22(2)8-14-26)39(36,37)28-17-9-23(3)10-18-28/h7-18,24H,6,19-21H2,1-5H3,(H,31,35). The van der Waals surface area contributed by atoms with E-state index in [9.17, 15) is 18.0 Å². The van der Waals surface area contributed by atoms with Gasteiger partial charge in [-0.25, -0.2) is 8.42 Å². The first kappa shape index (κ1) is 29.7. The summed E-state index contributed by atoms with van der Waals surface area (Å²) in [5, 5.41) is 2.84. The maximum atomic E-state index is 13.9. The molecule has 208 valence electrons. The third kappa shape index (κ3) is 7.60. The normalized spacial score (nSPS) is 11.9. The van der Waals surface area contributed by atoms with Crippen molar-refractivity contribution >= 4 is 27.5 Å². The average Bonchev–Trinajstić information content (AvgIpc) is 2.93. The Balaban J connectivity index is 2.00. The van der Waals surface area contributed by atoms with Crippen LogP contribution in [0.4, 0.5) is 5.69 Å². The van der Waals surface area contributed by atoms with Crippen LogP contribution in [-0.4, -0.2) is 51.4 Å². The van der Waals surface area contributed by atoms with Gasteiger partial charge in [0.05, 0.1) is 17.7 Å². The summed E-state index contributed by atoms with van der Waals surface area (Å²) >= 11 is 0. The van der Waals surface area contributed by atoms with Gasteiger partial charge in [0.25, 0.3) is 10.0 Å². The van der Waals surface area contributed by atoms with E-state index in [1.54, 1.807) is 62.6 Å². The number of hydrogen-bond acceptors (Lipinski definition) is 5. The molecule has 0 aliphatic carbocycles. The van der Waals surface area contributed by atoms with E-state index >= 15 is 0 Å². The van der Waals surface area contributed by atoms with Crippen LogP contribution in [-0.2, 0) is 26.2 Å². The molecule has 1 atom stereocenters. The first-order valence-corrected chi connectivity index (χ1v) is 14.4. The summed E-state index contributed by atoms with van der Waals surface area (Å²) in [7, 11) is -2.52. The number of benzene rings is 3. The fourth-order valence-corrected chi connectivity index (χ4v) is 5.40. The monoisotopic (exact) mass is 551 g/mol. The molecule has 0 aromatic heterocycles. The van der Waals surface area contributed by atoms with Crippen LogP contribution in [0.25, 0.3) is 0 Å². The largest absolute Gasteiger partial charge is 0.497 e. The Morgan fingerprint density at radius 1 is 0.897 bits per heavy atom. The number of sulfonamides is 1. The van der Waals surface area contributed by atoms with Crippen LogP contribution in [0, 0.1) is 13.8 Å². The predicted octanol–water partition coefficient (Wildman–Crippen LogP) is 4.45. The van der Waals surface area contributed by atoms with Gasteiger partial charge < -0.3 is 15.0 Å². The minimum absolute atomic E-state index is 0.0805. The highest BCUT2D eigenvalue weighted by Crippen LogP contribution is 2.25. The van der Waals surface area contributed by atoms with Crippen molar-refractivity contribution in [2.24, 2.45) is 0 Å². The van der Waals surface area contributed by atoms with Gasteiger partial charge in [0.1, 0.15) is 18.3 Å². The van der Waals surface area contributed by atoms with Gasteiger partial charge in [0.15, 0.2) is 0 Å². The highest BCUT2D eigenvalue weighted by molar-refractivity contribution is 7.92. The number of carbonyl (C=O) groups excluding carboxylic acids is 2. The van der Waals surface area contributed by atoms with Crippen LogP contribution < -0.4 is 14.4 Å². The third-order valence-electron chi connectivity index (χ3n) is 6.44. The molecule has 0 saturated carbocycles. The van der Waals surface area contributed by atoms with Gasteiger partial charge in [0, 0.05) is 13.1 Å².